The van der Waals surface area contributed by atoms with Crippen molar-refractivity contribution in [3.63, 3.8) is 0 Å². The van der Waals surface area contributed by atoms with E-state index in [2.05, 4.69) is 26.0 Å². The molecule has 0 unspecified atom stereocenters. The minimum atomic E-state index is -3.46. The number of rotatable bonds is 5. The Labute approximate surface area is 127 Å². The minimum Gasteiger partial charge on any atom is -0.314 e. The lowest BCUT2D eigenvalue weighted by Gasteiger charge is -2.11. The molecule has 2 N–H and O–H groups in total. The van der Waals surface area contributed by atoms with Gasteiger partial charge in [-0.25, -0.2) is 13.1 Å². The maximum absolute atomic E-state index is 12.1. The summed E-state index contributed by atoms with van der Waals surface area (Å²) in [6.07, 6.45) is 3.10. The van der Waals surface area contributed by atoms with Crippen molar-refractivity contribution in [1.29, 1.82) is 0 Å². The van der Waals surface area contributed by atoms with Crippen LogP contribution in [0.4, 0.5) is 0 Å². The van der Waals surface area contributed by atoms with E-state index in [-0.39, 0.29) is 4.90 Å². The van der Waals surface area contributed by atoms with E-state index < -0.39 is 10.0 Å². The first-order chi connectivity index (χ1) is 8.99. The lowest BCUT2D eigenvalue weighted by Crippen LogP contribution is -2.30. The first-order valence-corrected chi connectivity index (χ1v) is 8.82. The van der Waals surface area contributed by atoms with Crippen LogP contribution >= 0.6 is 27.5 Å². The molecule has 7 heteroatoms. The quantitative estimate of drug-likeness (QED) is 0.841. The lowest BCUT2D eigenvalue weighted by atomic mass is 10.2. The van der Waals surface area contributed by atoms with Gasteiger partial charge >= 0.3 is 0 Å². The van der Waals surface area contributed by atoms with Gasteiger partial charge in [-0.1, -0.05) is 11.6 Å². The third-order valence-electron chi connectivity index (χ3n) is 3.15. The van der Waals surface area contributed by atoms with E-state index in [4.69, 9.17) is 11.6 Å². The summed E-state index contributed by atoms with van der Waals surface area (Å²) in [6, 6.07) is 5.01. The zero-order valence-electron chi connectivity index (χ0n) is 10.3. The van der Waals surface area contributed by atoms with Gasteiger partial charge in [-0.2, -0.15) is 0 Å². The number of hydrogen-bond acceptors (Lipinski definition) is 3. The first kappa shape index (κ1) is 15.3. The van der Waals surface area contributed by atoms with Gasteiger partial charge in [-0.15, -0.1) is 0 Å². The van der Waals surface area contributed by atoms with Gasteiger partial charge < -0.3 is 5.32 Å². The zero-order chi connectivity index (χ0) is 13.9. The van der Waals surface area contributed by atoms with Crippen molar-refractivity contribution in [3.8, 4) is 0 Å². The fourth-order valence-electron chi connectivity index (χ4n) is 2.10. The van der Waals surface area contributed by atoms with Gasteiger partial charge in [0, 0.05) is 17.1 Å². The second-order valence-corrected chi connectivity index (χ2v) is 7.58. The summed E-state index contributed by atoms with van der Waals surface area (Å²) in [5.74, 6) is 0. The van der Waals surface area contributed by atoms with E-state index in [1.165, 1.54) is 18.6 Å². The van der Waals surface area contributed by atoms with E-state index in [0.717, 1.165) is 19.4 Å². The highest BCUT2D eigenvalue weighted by molar-refractivity contribution is 9.10. The zero-order valence-corrected chi connectivity index (χ0v) is 13.5. The molecule has 0 spiro atoms. The molecule has 1 aromatic rings. The van der Waals surface area contributed by atoms with E-state index in [1.807, 2.05) is 0 Å². The average Bonchev–Trinajstić information content (AvgIpc) is 2.85. The third-order valence-corrected chi connectivity index (χ3v) is 5.82. The van der Waals surface area contributed by atoms with Gasteiger partial charge in [0.2, 0.25) is 10.0 Å². The SMILES string of the molecule is O=S(=O)(NCC[C@@H]1CCCN1)c1ccc(Cl)c(Br)c1. The molecular weight excluding hydrogens is 352 g/mol. The Balaban J connectivity index is 1.95. The summed E-state index contributed by atoms with van der Waals surface area (Å²) in [4.78, 5) is 0.225. The van der Waals surface area contributed by atoms with Crippen LogP contribution < -0.4 is 10.0 Å². The molecule has 1 heterocycles. The summed E-state index contributed by atoms with van der Waals surface area (Å²) in [7, 11) is -3.46. The van der Waals surface area contributed by atoms with Crippen molar-refractivity contribution in [3.05, 3.63) is 27.7 Å². The second kappa shape index (κ2) is 6.54. The smallest absolute Gasteiger partial charge is 0.240 e. The van der Waals surface area contributed by atoms with Crippen LogP contribution in [0.3, 0.4) is 0 Å². The molecule has 19 heavy (non-hydrogen) atoms. The molecule has 1 fully saturated rings. The van der Waals surface area contributed by atoms with Crippen molar-refractivity contribution in [1.82, 2.24) is 10.0 Å². The van der Waals surface area contributed by atoms with Crippen LogP contribution in [0.1, 0.15) is 19.3 Å². The molecule has 1 aromatic carbocycles. The number of hydrogen-bond donors (Lipinski definition) is 2. The predicted molar refractivity (Wildman–Crippen MR) is 80.0 cm³/mol. The van der Waals surface area contributed by atoms with E-state index in [0.29, 0.717) is 22.1 Å². The molecule has 1 aliphatic rings. The topological polar surface area (TPSA) is 58.2 Å². The fraction of sp³-hybridized carbons (Fsp3) is 0.500. The van der Waals surface area contributed by atoms with Crippen LogP contribution in [-0.2, 0) is 10.0 Å². The van der Waals surface area contributed by atoms with E-state index in [9.17, 15) is 8.42 Å². The fourth-order valence-corrected chi connectivity index (χ4v) is 3.82. The van der Waals surface area contributed by atoms with Gasteiger partial charge in [0.1, 0.15) is 0 Å². The third kappa shape index (κ3) is 4.16. The molecule has 0 saturated carbocycles. The van der Waals surface area contributed by atoms with Crippen molar-refractivity contribution in [2.75, 3.05) is 13.1 Å². The molecule has 0 aromatic heterocycles. The molecule has 0 radical (unpaired) electrons. The van der Waals surface area contributed by atoms with E-state index in [1.54, 1.807) is 6.07 Å². The van der Waals surface area contributed by atoms with Crippen molar-refractivity contribution in [2.45, 2.75) is 30.2 Å². The number of halogens is 2. The van der Waals surface area contributed by atoms with Gasteiger partial charge in [-0.05, 0) is 59.9 Å². The summed E-state index contributed by atoms with van der Waals surface area (Å²) < 4.78 is 27.3. The molecule has 0 amide bonds. The Morgan fingerprint density at radius 1 is 1.47 bits per heavy atom. The van der Waals surface area contributed by atoms with Gasteiger partial charge in [-0.3, -0.25) is 0 Å². The predicted octanol–water partition coefficient (Wildman–Crippen LogP) is 2.52. The van der Waals surface area contributed by atoms with Crippen molar-refractivity contribution in [2.24, 2.45) is 0 Å². The Hall–Kier alpha value is -0.140. The maximum Gasteiger partial charge on any atom is 0.240 e. The maximum atomic E-state index is 12.1. The molecule has 1 atom stereocenters. The van der Waals surface area contributed by atoms with Crippen molar-refractivity contribution >= 4 is 37.6 Å². The van der Waals surface area contributed by atoms with Crippen LogP contribution in [-0.4, -0.2) is 27.5 Å². The normalized spacial score (nSPS) is 19.8. The van der Waals surface area contributed by atoms with Crippen LogP contribution in [0.25, 0.3) is 0 Å². The van der Waals surface area contributed by atoms with Gasteiger partial charge in [0.15, 0.2) is 0 Å². The van der Waals surface area contributed by atoms with Gasteiger partial charge in [0.25, 0.3) is 0 Å². The van der Waals surface area contributed by atoms with E-state index >= 15 is 0 Å². The molecular formula is C12H16BrClN2O2S. The lowest BCUT2D eigenvalue weighted by molar-refractivity contribution is 0.539. The Morgan fingerprint density at radius 3 is 2.89 bits per heavy atom. The highest BCUT2D eigenvalue weighted by Gasteiger charge is 2.17. The number of benzene rings is 1. The largest absolute Gasteiger partial charge is 0.314 e. The summed E-state index contributed by atoms with van der Waals surface area (Å²) in [6.45, 7) is 1.47. The standard InChI is InChI=1S/C12H16BrClN2O2S/c13-11-8-10(3-4-12(11)14)19(17,18)16-7-5-9-2-1-6-15-9/h3-4,8-9,15-16H,1-2,5-7H2/t9-/m0/s1. The van der Waals surface area contributed by atoms with Crippen LogP contribution in [0.5, 0.6) is 0 Å². The van der Waals surface area contributed by atoms with Crippen LogP contribution in [0, 0.1) is 0 Å². The first-order valence-electron chi connectivity index (χ1n) is 6.17. The summed E-state index contributed by atoms with van der Waals surface area (Å²) in [5.41, 5.74) is 0. The summed E-state index contributed by atoms with van der Waals surface area (Å²) in [5, 5.41) is 3.83. The van der Waals surface area contributed by atoms with Crippen molar-refractivity contribution < 1.29 is 8.42 Å². The molecule has 1 aliphatic heterocycles. The molecule has 4 nitrogen and oxygen atoms in total. The molecule has 0 bridgehead atoms. The Bertz CT molecular complexity index is 545. The average molecular weight is 368 g/mol. The monoisotopic (exact) mass is 366 g/mol. The molecule has 1 saturated heterocycles. The second-order valence-electron chi connectivity index (χ2n) is 4.56. The molecule has 2 rings (SSSR count). The molecule has 106 valence electrons. The summed E-state index contributed by atoms with van der Waals surface area (Å²) >= 11 is 9.08. The Kier molecular flexibility index (Phi) is 5.25. The molecule has 0 aliphatic carbocycles. The minimum absolute atomic E-state index is 0.225. The van der Waals surface area contributed by atoms with Crippen LogP contribution in [0.2, 0.25) is 5.02 Å². The number of nitrogens with one attached hydrogen (secondary N) is 2. The van der Waals surface area contributed by atoms with Gasteiger partial charge in [0.05, 0.1) is 9.92 Å². The Morgan fingerprint density at radius 2 is 2.26 bits per heavy atom. The van der Waals surface area contributed by atoms with Crippen LogP contribution in [0.15, 0.2) is 27.6 Å². The highest BCUT2D eigenvalue weighted by atomic mass is 79.9. The highest BCUT2D eigenvalue weighted by Crippen LogP contribution is 2.25. The number of sulfonamides is 1.